The van der Waals surface area contributed by atoms with Crippen LogP contribution in [0.3, 0.4) is 0 Å². The molecule has 0 spiro atoms. The van der Waals surface area contributed by atoms with E-state index in [1.54, 1.807) is 0 Å². The Labute approximate surface area is 248 Å². The number of hydrogen-bond acceptors (Lipinski definition) is 6. The molecule has 0 saturated heterocycles. The van der Waals surface area contributed by atoms with E-state index in [4.69, 9.17) is 29.4 Å². The average Bonchev–Trinajstić information content (AvgIpc) is 3.69. The lowest BCUT2D eigenvalue weighted by Crippen LogP contribution is -2.31. The van der Waals surface area contributed by atoms with Gasteiger partial charge in [-0.15, -0.1) is 0 Å². The van der Waals surface area contributed by atoms with Gasteiger partial charge in [0.1, 0.15) is 13.2 Å². The number of hydrogen-bond donors (Lipinski definition) is 0. The quantitative estimate of drug-likeness (QED) is 0.227. The molecule has 0 amide bonds. The average molecular weight is 559 g/mol. The maximum atomic E-state index is 6.14. The summed E-state index contributed by atoms with van der Waals surface area (Å²) in [6.45, 7) is 9.66. The number of ether oxygens (including phenoxy) is 2. The van der Waals surface area contributed by atoms with Crippen molar-refractivity contribution in [2.75, 3.05) is 13.2 Å². The van der Waals surface area contributed by atoms with Crippen LogP contribution in [0.2, 0.25) is 0 Å². The van der Waals surface area contributed by atoms with Gasteiger partial charge in [-0.05, 0) is 75.9 Å². The van der Waals surface area contributed by atoms with Crippen molar-refractivity contribution in [3.05, 3.63) is 120 Å². The Morgan fingerprint density at radius 2 is 0.952 bits per heavy atom. The first-order chi connectivity index (χ1) is 20.3. The molecule has 2 aliphatic heterocycles. The first-order valence-corrected chi connectivity index (χ1v) is 14.7. The Morgan fingerprint density at radius 3 is 1.36 bits per heavy atom. The molecule has 4 heterocycles. The number of nitrogens with zero attached hydrogens (tertiary/aromatic N) is 4. The van der Waals surface area contributed by atoms with Gasteiger partial charge in [0.05, 0.1) is 45.7 Å². The largest absolute Gasteiger partial charge is 0.478 e. The van der Waals surface area contributed by atoms with Gasteiger partial charge in [-0.1, -0.05) is 72.8 Å². The molecule has 2 atom stereocenters. The van der Waals surface area contributed by atoms with Gasteiger partial charge in [-0.3, -0.25) is 9.97 Å². The van der Waals surface area contributed by atoms with Gasteiger partial charge in [0.25, 0.3) is 0 Å². The third-order valence-electron chi connectivity index (χ3n) is 8.16. The molecule has 6 rings (SSSR count). The van der Waals surface area contributed by atoms with Gasteiger partial charge in [-0.2, -0.15) is 0 Å². The Morgan fingerprint density at radius 1 is 0.548 bits per heavy atom. The maximum absolute atomic E-state index is 6.14. The molecular formula is C36H38N4O2. The van der Waals surface area contributed by atoms with Gasteiger partial charge in [0.2, 0.25) is 0 Å². The Bertz CT molecular complexity index is 1470. The number of aromatic nitrogens is 2. The summed E-state index contributed by atoms with van der Waals surface area (Å²) >= 11 is 0. The van der Waals surface area contributed by atoms with Crippen LogP contribution in [0.4, 0.5) is 0 Å². The minimum atomic E-state index is -0.474. The molecule has 0 radical (unpaired) electrons. The SMILES string of the molecule is CC(C)(C1=NC(Cc2ccccc2)CO1)c1cccc(-c2cccc(C(C)(C)C3=NC(Cc4ccccc4)CO3)n2)n1. The van der Waals surface area contributed by atoms with Crippen LogP contribution in [0, 0.1) is 0 Å². The molecule has 42 heavy (non-hydrogen) atoms. The van der Waals surface area contributed by atoms with Crippen molar-refractivity contribution in [2.45, 2.75) is 63.5 Å². The zero-order valence-electron chi connectivity index (χ0n) is 24.8. The van der Waals surface area contributed by atoms with E-state index >= 15 is 0 Å². The molecule has 2 unspecified atom stereocenters. The number of aliphatic imine (C=N–C) groups is 2. The van der Waals surface area contributed by atoms with E-state index in [2.05, 4.69) is 76.2 Å². The Hall–Kier alpha value is -4.32. The van der Waals surface area contributed by atoms with Crippen LogP contribution < -0.4 is 0 Å². The van der Waals surface area contributed by atoms with E-state index in [0.29, 0.717) is 13.2 Å². The van der Waals surface area contributed by atoms with E-state index in [-0.39, 0.29) is 12.1 Å². The second-order valence-corrected chi connectivity index (χ2v) is 12.2. The normalized spacial score (nSPS) is 18.7. The summed E-state index contributed by atoms with van der Waals surface area (Å²) in [5.41, 5.74) is 5.02. The lowest BCUT2D eigenvalue weighted by Gasteiger charge is -2.25. The van der Waals surface area contributed by atoms with Crippen LogP contribution in [-0.2, 0) is 33.1 Å². The number of benzene rings is 2. The summed E-state index contributed by atoms with van der Waals surface area (Å²) in [7, 11) is 0. The first kappa shape index (κ1) is 27.8. The highest BCUT2D eigenvalue weighted by Crippen LogP contribution is 2.32. The monoisotopic (exact) mass is 558 g/mol. The molecule has 6 heteroatoms. The van der Waals surface area contributed by atoms with Crippen molar-refractivity contribution < 1.29 is 9.47 Å². The predicted octanol–water partition coefficient (Wildman–Crippen LogP) is 6.78. The highest BCUT2D eigenvalue weighted by atomic mass is 16.5. The van der Waals surface area contributed by atoms with Crippen LogP contribution in [0.15, 0.2) is 107 Å². The summed E-state index contributed by atoms with van der Waals surface area (Å²) in [4.78, 5) is 20.1. The van der Waals surface area contributed by atoms with Crippen molar-refractivity contribution >= 4 is 11.8 Å². The van der Waals surface area contributed by atoms with Crippen molar-refractivity contribution in [3.63, 3.8) is 0 Å². The lowest BCUT2D eigenvalue weighted by molar-refractivity contribution is 0.293. The molecule has 0 saturated carbocycles. The fourth-order valence-electron chi connectivity index (χ4n) is 5.57. The van der Waals surface area contributed by atoms with E-state index < -0.39 is 10.8 Å². The van der Waals surface area contributed by atoms with Crippen LogP contribution in [0.5, 0.6) is 0 Å². The standard InChI is InChI=1S/C36H38N4O2/c1-35(2,33-37-27(23-41-33)21-25-13-7-5-8-14-25)31-19-11-17-29(39-31)30-18-12-20-32(40-30)36(3,4)34-38-28(24-42-34)22-26-15-9-6-10-16-26/h5-20,27-28H,21-24H2,1-4H3. The highest BCUT2D eigenvalue weighted by Gasteiger charge is 2.37. The van der Waals surface area contributed by atoms with Gasteiger partial charge >= 0.3 is 0 Å². The topological polar surface area (TPSA) is 69.0 Å². The zero-order chi connectivity index (χ0) is 29.2. The molecule has 6 nitrogen and oxygen atoms in total. The van der Waals surface area contributed by atoms with E-state index in [9.17, 15) is 0 Å². The molecular weight excluding hydrogens is 520 g/mol. The van der Waals surface area contributed by atoms with Gasteiger partial charge in [-0.25, -0.2) is 9.98 Å². The maximum Gasteiger partial charge on any atom is 0.195 e. The molecule has 0 aliphatic carbocycles. The van der Waals surface area contributed by atoms with Gasteiger partial charge in [0, 0.05) is 0 Å². The summed E-state index contributed by atoms with van der Waals surface area (Å²) in [5, 5.41) is 0. The third kappa shape index (κ3) is 5.85. The third-order valence-corrected chi connectivity index (χ3v) is 8.16. The molecule has 2 aliphatic rings. The first-order valence-electron chi connectivity index (χ1n) is 14.7. The number of rotatable bonds is 9. The van der Waals surface area contributed by atoms with Crippen molar-refractivity contribution in [1.82, 2.24) is 9.97 Å². The molecule has 0 N–H and O–H groups in total. The lowest BCUT2D eigenvalue weighted by atomic mass is 9.87. The second kappa shape index (κ2) is 11.5. The van der Waals surface area contributed by atoms with Crippen LogP contribution in [0.1, 0.15) is 50.2 Å². The zero-order valence-corrected chi connectivity index (χ0v) is 24.8. The minimum absolute atomic E-state index is 0.110. The molecule has 0 fully saturated rings. The van der Waals surface area contributed by atoms with Crippen molar-refractivity contribution in [2.24, 2.45) is 9.98 Å². The summed E-state index contributed by atoms with van der Waals surface area (Å²) in [6.07, 6.45) is 1.73. The Balaban J connectivity index is 1.21. The molecule has 4 aromatic rings. The summed E-state index contributed by atoms with van der Waals surface area (Å²) < 4.78 is 12.3. The van der Waals surface area contributed by atoms with Gasteiger partial charge in [0.15, 0.2) is 11.8 Å². The molecule has 0 bridgehead atoms. The van der Waals surface area contributed by atoms with Crippen LogP contribution >= 0.6 is 0 Å². The van der Waals surface area contributed by atoms with E-state index in [0.717, 1.165) is 47.4 Å². The fraction of sp³-hybridized carbons (Fsp3) is 0.333. The molecule has 2 aromatic heterocycles. The predicted molar refractivity (Wildman–Crippen MR) is 168 cm³/mol. The van der Waals surface area contributed by atoms with Crippen molar-refractivity contribution in [1.29, 1.82) is 0 Å². The number of pyridine rings is 2. The minimum Gasteiger partial charge on any atom is -0.478 e. The second-order valence-electron chi connectivity index (χ2n) is 12.2. The smallest absolute Gasteiger partial charge is 0.195 e. The van der Waals surface area contributed by atoms with Crippen LogP contribution in [0.25, 0.3) is 11.4 Å². The fourth-order valence-corrected chi connectivity index (χ4v) is 5.57. The summed E-state index contributed by atoms with van der Waals surface area (Å²) in [6, 6.07) is 33.3. The van der Waals surface area contributed by atoms with Gasteiger partial charge < -0.3 is 9.47 Å². The van der Waals surface area contributed by atoms with E-state index in [1.165, 1.54) is 11.1 Å². The van der Waals surface area contributed by atoms with E-state index in [1.807, 2.05) is 48.5 Å². The van der Waals surface area contributed by atoms with Crippen molar-refractivity contribution in [3.8, 4) is 11.4 Å². The Kier molecular flexibility index (Phi) is 7.63. The van der Waals surface area contributed by atoms with Crippen LogP contribution in [-0.4, -0.2) is 47.1 Å². The molecule has 2 aromatic carbocycles. The molecule has 214 valence electrons. The summed E-state index contributed by atoms with van der Waals surface area (Å²) in [5.74, 6) is 1.47. The highest BCUT2D eigenvalue weighted by molar-refractivity contribution is 5.89.